The Kier molecular flexibility index (Phi) is 4.55. The van der Waals surface area contributed by atoms with Crippen LogP contribution in [0.2, 0.25) is 0 Å². The Bertz CT molecular complexity index is 481. The molecule has 0 amide bonds. The molecule has 1 aromatic rings. The van der Waals surface area contributed by atoms with Crippen LogP contribution in [0.1, 0.15) is 18.7 Å². The molecule has 0 unspecified atom stereocenters. The van der Waals surface area contributed by atoms with Crippen LogP contribution in [-0.2, 0) is 6.18 Å². The monoisotopic (exact) mass is 303 g/mol. The number of hydrogen-bond acceptors (Lipinski definition) is 5. The summed E-state index contributed by atoms with van der Waals surface area (Å²) in [6.45, 7) is 1.39. The van der Waals surface area contributed by atoms with Gasteiger partial charge in [-0.2, -0.15) is 13.2 Å². The summed E-state index contributed by atoms with van der Waals surface area (Å²) in [4.78, 5) is 11.2. The van der Waals surface area contributed by atoms with Gasteiger partial charge >= 0.3 is 6.18 Å². The fourth-order valence-corrected chi connectivity index (χ4v) is 2.46. The molecule has 2 heterocycles. The number of halogens is 3. The second-order valence-electron chi connectivity index (χ2n) is 5.36. The van der Waals surface area contributed by atoms with Crippen molar-refractivity contribution in [1.82, 2.24) is 14.9 Å². The Morgan fingerprint density at radius 2 is 1.86 bits per heavy atom. The zero-order valence-electron chi connectivity index (χ0n) is 12.4. The van der Waals surface area contributed by atoms with Crippen LogP contribution in [0.5, 0.6) is 0 Å². The quantitative estimate of drug-likeness (QED) is 0.926. The molecule has 2 rings (SSSR count). The molecule has 1 N–H and O–H groups in total. The van der Waals surface area contributed by atoms with Crippen LogP contribution in [0.3, 0.4) is 0 Å². The van der Waals surface area contributed by atoms with Crippen LogP contribution in [0, 0.1) is 0 Å². The first-order chi connectivity index (χ1) is 9.81. The minimum Gasteiger partial charge on any atom is -0.373 e. The van der Waals surface area contributed by atoms with Gasteiger partial charge in [0.05, 0.1) is 0 Å². The minimum absolute atomic E-state index is 0.182. The van der Waals surface area contributed by atoms with Gasteiger partial charge in [-0.25, -0.2) is 9.97 Å². The first-order valence-corrected chi connectivity index (χ1v) is 6.86. The Balaban J connectivity index is 2.20. The van der Waals surface area contributed by atoms with Crippen LogP contribution in [-0.4, -0.2) is 55.1 Å². The summed E-state index contributed by atoms with van der Waals surface area (Å²) in [5, 5.41) is 2.66. The maximum atomic E-state index is 12.8. The van der Waals surface area contributed by atoms with E-state index >= 15 is 0 Å². The van der Waals surface area contributed by atoms with Gasteiger partial charge in [-0.15, -0.1) is 0 Å². The van der Waals surface area contributed by atoms with Gasteiger partial charge in [0.2, 0.25) is 5.82 Å². The second kappa shape index (κ2) is 6.05. The molecule has 0 saturated carbocycles. The van der Waals surface area contributed by atoms with Crippen LogP contribution in [0.25, 0.3) is 0 Å². The van der Waals surface area contributed by atoms with Crippen molar-refractivity contribution >= 4 is 11.6 Å². The van der Waals surface area contributed by atoms with Crippen molar-refractivity contribution in [2.45, 2.75) is 25.1 Å². The number of alkyl halides is 3. The van der Waals surface area contributed by atoms with Crippen molar-refractivity contribution in [2.75, 3.05) is 44.4 Å². The van der Waals surface area contributed by atoms with Crippen molar-refractivity contribution in [3.8, 4) is 0 Å². The van der Waals surface area contributed by atoms with Gasteiger partial charge in [0, 0.05) is 32.2 Å². The fourth-order valence-electron chi connectivity index (χ4n) is 2.46. The number of anilines is 2. The highest BCUT2D eigenvalue weighted by molar-refractivity contribution is 5.49. The topological polar surface area (TPSA) is 44.3 Å². The van der Waals surface area contributed by atoms with Gasteiger partial charge < -0.3 is 15.1 Å². The molecule has 0 aromatic carbocycles. The van der Waals surface area contributed by atoms with Crippen molar-refractivity contribution in [3.63, 3.8) is 0 Å². The number of hydrogen-bond donors (Lipinski definition) is 1. The van der Waals surface area contributed by atoms with Gasteiger partial charge in [-0.1, -0.05) is 0 Å². The highest BCUT2D eigenvalue weighted by Gasteiger charge is 2.36. The minimum atomic E-state index is -4.54. The summed E-state index contributed by atoms with van der Waals surface area (Å²) < 4.78 is 38.5. The molecule has 0 aliphatic carbocycles. The second-order valence-corrected chi connectivity index (χ2v) is 5.36. The molecule has 21 heavy (non-hydrogen) atoms. The van der Waals surface area contributed by atoms with Crippen LogP contribution in [0.4, 0.5) is 24.8 Å². The molecular weight excluding hydrogens is 283 g/mol. The third-order valence-electron chi connectivity index (χ3n) is 3.74. The van der Waals surface area contributed by atoms with E-state index in [9.17, 15) is 13.2 Å². The lowest BCUT2D eigenvalue weighted by Crippen LogP contribution is -2.42. The molecule has 0 radical (unpaired) electrons. The first kappa shape index (κ1) is 15.8. The smallest absolute Gasteiger partial charge is 0.373 e. The van der Waals surface area contributed by atoms with Gasteiger partial charge in [-0.3, -0.25) is 0 Å². The van der Waals surface area contributed by atoms with Crippen LogP contribution < -0.4 is 10.2 Å². The third-order valence-corrected chi connectivity index (χ3v) is 3.74. The number of piperidine rings is 1. The molecule has 5 nitrogen and oxygen atoms in total. The zero-order valence-corrected chi connectivity index (χ0v) is 12.4. The lowest BCUT2D eigenvalue weighted by atomic mass is 10.0. The predicted molar refractivity (Wildman–Crippen MR) is 75.5 cm³/mol. The summed E-state index contributed by atoms with van der Waals surface area (Å²) in [7, 11) is 5.59. The molecular formula is C13H20F3N5. The van der Waals surface area contributed by atoms with E-state index in [0.29, 0.717) is 24.9 Å². The Hall–Kier alpha value is -1.57. The molecule has 118 valence electrons. The largest absolute Gasteiger partial charge is 0.451 e. The average molecular weight is 303 g/mol. The number of nitrogens with one attached hydrogen (secondary N) is 1. The first-order valence-electron chi connectivity index (χ1n) is 6.86. The van der Waals surface area contributed by atoms with E-state index in [4.69, 9.17) is 0 Å². The van der Waals surface area contributed by atoms with Crippen molar-refractivity contribution in [1.29, 1.82) is 0 Å². The van der Waals surface area contributed by atoms with E-state index in [1.807, 2.05) is 19.0 Å². The molecule has 1 fully saturated rings. The summed E-state index contributed by atoms with van der Waals surface area (Å²) >= 11 is 0. The van der Waals surface area contributed by atoms with Crippen LogP contribution >= 0.6 is 0 Å². The standard InChI is InChI=1S/C13H20F3N5/c1-17-10-8-11(19-12(18-10)13(14,15)16)21-6-4-9(5-7-21)20(2)3/h8-9H,4-7H2,1-3H3,(H,17,18,19). The maximum Gasteiger partial charge on any atom is 0.451 e. The van der Waals surface area contributed by atoms with Crippen molar-refractivity contribution in [3.05, 3.63) is 11.9 Å². The SMILES string of the molecule is CNc1cc(N2CCC(N(C)C)CC2)nc(C(F)(F)F)n1. The normalized spacial score (nSPS) is 17.4. The van der Waals surface area contributed by atoms with Crippen LogP contribution in [0.15, 0.2) is 6.07 Å². The average Bonchev–Trinajstić information content (AvgIpc) is 2.46. The summed E-state index contributed by atoms with van der Waals surface area (Å²) in [6, 6.07) is 2.03. The molecule has 0 bridgehead atoms. The molecule has 0 atom stereocenters. The third kappa shape index (κ3) is 3.75. The van der Waals surface area contributed by atoms with Crippen molar-refractivity contribution in [2.24, 2.45) is 0 Å². The van der Waals surface area contributed by atoms with E-state index in [2.05, 4.69) is 20.2 Å². The van der Waals surface area contributed by atoms with Gasteiger partial charge in [0.15, 0.2) is 0 Å². The number of aromatic nitrogens is 2. The summed E-state index contributed by atoms with van der Waals surface area (Å²) in [5.74, 6) is -0.583. The molecule has 1 saturated heterocycles. The van der Waals surface area contributed by atoms with E-state index in [1.54, 1.807) is 13.1 Å². The van der Waals surface area contributed by atoms with E-state index in [-0.39, 0.29) is 5.82 Å². The molecule has 8 heteroatoms. The zero-order chi connectivity index (χ0) is 15.6. The number of rotatable bonds is 3. The van der Waals surface area contributed by atoms with E-state index in [1.165, 1.54) is 0 Å². The molecule has 1 aliphatic rings. The van der Waals surface area contributed by atoms with Crippen molar-refractivity contribution < 1.29 is 13.2 Å². The van der Waals surface area contributed by atoms with E-state index in [0.717, 1.165) is 12.8 Å². The Morgan fingerprint density at radius 1 is 1.24 bits per heavy atom. The maximum absolute atomic E-state index is 12.8. The Labute approximate surface area is 122 Å². The highest BCUT2D eigenvalue weighted by Crippen LogP contribution is 2.30. The van der Waals surface area contributed by atoms with Gasteiger partial charge in [0.1, 0.15) is 11.6 Å². The lowest BCUT2D eigenvalue weighted by Gasteiger charge is -2.36. The highest BCUT2D eigenvalue weighted by atomic mass is 19.4. The number of nitrogens with zero attached hydrogens (tertiary/aromatic N) is 4. The summed E-state index contributed by atoms with van der Waals surface area (Å²) in [6.07, 6.45) is -2.72. The molecule has 1 aliphatic heterocycles. The molecule has 1 aromatic heterocycles. The summed E-state index contributed by atoms with van der Waals surface area (Å²) in [5.41, 5.74) is 0. The van der Waals surface area contributed by atoms with E-state index < -0.39 is 12.0 Å². The Morgan fingerprint density at radius 3 is 2.33 bits per heavy atom. The predicted octanol–water partition coefficient (Wildman–Crippen LogP) is 2.07. The fraction of sp³-hybridized carbons (Fsp3) is 0.692. The van der Waals surface area contributed by atoms with Gasteiger partial charge in [0.25, 0.3) is 0 Å². The lowest BCUT2D eigenvalue weighted by molar-refractivity contribution is -0.144. The van der Waals surface area contributed by atoms with Gasteiger partial charge in [-0.05, 0) is 26.9 Å². The molecule has 0 spiro atoms.